The topological polar surface area (TPSA) is 212 Å². The van der Waals surface area contributed by atoms with Gasteiger partial charge in [0.05, 0.1) is 31.5 Å². The first-order chi connectivity index (χ1) is 22.4. The summed E-state index contributed by atoms with van der Waals surface area (Å²) in [6, 6.07) is 14.5. The molecule has 47 heavy (non-hydrogen) atoms. The number of hydrogen-bond donors (Lipinski definition) is 4. The first-order valence-corrected chi connectivity index (χ1v) is 16.1. The van der Waals surface area contributed by atoms with Gasteiger partial charge in [0.2, 0.25) is 6.29 Å². The van der Waals surface area contributed by atoms with E-state index in [2.05, 4.69) is 12.1 Å². The van der Waals surface area contributed by atoms with Gasteiger partial charge in [-0.15, -0.1) is 11.8 Å². The number of carboxylic acid groups (broad SMARTS) is 3. The lowest BCUT2D eigenvalue weighted by Crippen LogP contribution is -2.54. The van der Waals surface area contributed by atoms with E-state index in [9.17, 15) is 39.3 Å². The molecule has 3 rings (SSSR count). The van der Waals surface area contributed by atoms with Crippen LogP contribution in [-0.2, 0) is 46.4 Å². The number of carboxylic acids is 3. The predicted octanol–water partition coefficient (Wildman–Crippen LogP) is 3.71. The van der Waals surface area contributed by atoms with E-state index in [4.69, 9.17) is 24.7 Å². The predicted molar refractivity (Wildman–Crippen MR) is 169 cm³/mol. The number of aliphatic carboxylic acids is 3. The second-order valence-corrected chi connectivity index (χ2v) is 12.0. The van der Waals surface area contributed by atoms with E-state index < -0.39 is 79.4 Å². The van der Waals surface area contributed by atoms with E-state index in [1.807, 2.05) is 25.1 Å². The van der Waals surface area contributed by atoms with Crippen molar-refractivity contribution in [3.8, 4) is 5.75 Å². The number of esters is 1. The number of carbonyl (C=O) groups excluding carboxylic acids is 2. The number of anilines is 1. The minimum absolute atomic E-state index is 0.0276. The molecule has 256 valence electrons. The quantitative estimate of drug-likeness (QED) is 0.0814. The van der Waals surface area contributed by atoms with Gasteiger partial charge < -0.3 is 40.0 Å². The van der Waals surface area contributed by atoms with E-state index >= 15 is 0 Å². The van der Waals surface area contributed by atoms with E-state index in [0.717, 1.165) is 19.3 Å². The van der Waals surface area contributed by atoms with Crippen molar-refractivity contribution in [2.75, 3.05) is 31.0 Å². The molecular formula is C32H40N2O12S. The molecule has 1 amide bonds. The molecule has 2 aromatic rings. The summed E-state index contributed by atoms with van der Waals surface area (Å²) < 4.78 is 22.0. The van der Waals surface area contributed by atoms with Crippen LogP contribution in [0.15, 0.2) is 48.5 Å². The summed E-state index contributed by atoms with van der Waals surface area (Å²) in [4.78, 5) is 62.1. The fourth-order valence-corrected chi connectivity index (χ4v) is 6.42. The van der Waals surface area contributed by atoms with Crippen molar-refractivity contribution in [1.82, 2.24) is 4.90 Å². The van der Waals surface area contributed by atoms with E-state index in [0.29, 0.717) is 18.0 Å². The van der Waals surface area contributed by atoms with Crippen LogP contribution in [-0.4, -0.2) is 87.9 Å². The Balaban J connectivity index is 1.70. The Hall–Kier alpha value is -4.50. The molecule has 0 aromatic heterocycles. The Labute approximate surface area is 276 Å². The molecule has 1 saturated heterocycles. The average molecular weight is 677 g/mol. The third-order valence-electron chi connectivity index (χ3n) is 7.73. The SMILES string of the molecule is CCN(CSCCc1ccccc1)C(=O)OCc1ccc(O[C@@H]2O[C@H](C(=O)OC)[C@@H](CC(=O)O)[C@H](CC(=O)O)[C@H]2CC(=O)O)c(N)c1. The lowest BCUT2D eigenvalue weighted by atomic mass is 9.71. The highest BCUT2D eigenvalue weighted by molar-refractivity contribution is 7.99. The summed E-state index contributed by atoms with van der Waals surface area (Å²) in [6.45, 7) is 2.20. The molecule has 0 bridgehead atoms. The molecule has 1 heterocycles. The highest BCUT2D eigenvalue weighted by Gasteiger charge is 2.51. The minimum atomic E-state index is -1.55. The maximum absolute atomic E-state index is 12.7. The highest BCUT2D eigenvalue weighted by Crippen LogP contribution is 2.43. The first kappa shape index (κ1) is 37.0. The number of aryl methyl sites for hydroxylation is 1. The second-order valence-electron chi connectivity index (χ2n) is 10.9. The number of rotatable bonds is 17. The van der Waals surface area contributed by atoms with Gasteiger partial charge in [-0.1, -0.05) is 36.4 Å². The fourth-order valence-electron chi connectivity index (χ4n) is 5.40. The molecule has 0 radical (unpaired) electrons. The van der Waals surface area contributed by atoms with E-state index in [1.54, 1.807) is 22.7 Å². The summed E-state index contributed by atoms with van der Waals surface area (Å²) in [7, 11) is 1.06. The maximum atomic E-state index is 12.7. The monoisotopic (exact) mass is 676 g/mol. The molecule has 1 aliphatic heterocycles. The Morgan fingerprint density at radius 2 is 1.53 bits per heavy atom. The number of amides is 1. The summed E-state index contributed by atoms with van der Waals surface area (Å²) in [5, 5.41) is 28.7. The molecule has 15 heteroatoms. The van der Waals surface area contributed by atoms with Gasteiger partial charge in [-0.05, 0) is 48.3 Å². The third kappa shape index (κ3) is 11.1. The summed E-state index contributed by atoms with van der Waals surface area (Å²) in [5.41, 5.74) is 8.03. The minimum Gasteiger partial charge on any atom is -0.481 e. The maximum Gasteiger partial charge on any atom is 0.410 e. The number of nitrogens with zero attached hydrogens (tertiary/aromatic N) is 1. The van der Waals surface area contributed by atoms with Crippen LogP contribution in [0.5, 0.6) is 5.75 Å². The standard InChI is InChI=1S/C32H40N2O12S/c1-3-34(18-47-12-11-19-7-5-4-6-8-19)32(42)44-17-20-9-10-25(24(33)13-20)45-31-23(16-28(39)40)21(14-26(35)36)22(15-27(37)38)29(46-31)30(41)43-2/h4-10,13,21-23,29,31H,3,11-12,14-18,33H2,1-2H3,(H,35,36)(H,37,38)(H,39,40)/t21-,22-,23+,29-,31+/m0/s1. The van der Waals surface area contributed by atoms with Crippen LogP contribution in [0.4, 0.5) is 10.5 Å². The van der Waals surface area contributed by atoms with Gasteiger partial charge in [-0.2, -0.15) is 0 Å². The van der Waals surface area contributed by atoms with Crippen molar-refractivity contribution in [2.24, 2.45) is 17.8 Å². The zero-order chi connectivity index (χ0) is 34.5. The smallest absolute Gasteiger partial charge is 0.410 e. The normalized spacial score (nSPS) is 20.5. The van der Waals surface area contributed by atoms with Gasteiger partial charge in [-0.25, -0.2) is 9.59 Å². The number of ether oxygens (including phenoxy) is 4. The molecule has 1 aliphatic rings. The van der Waals surface area contributed by atoms with Crippen LogP contribution in [0.1, 0.15) is 37.3 Å². The van der Waals surface area contributed by atoms with Crippen molar-refractivity contribution in [3.63, 3.8) is 0 Å². The zero-order valence-corrected chi connectivity index (χ0v) is 26.9. The molecule has 0 unspecified atom stereocenters. The molecular weight excluding hydrogens is 636 g/mol. The van der Waals surface area contributed by atoms with Crippen LogP contribution in [0, 0.1) is 17.8 Å². The Bertz CT molecular complexity index is 1390. The van der Waals surface area contributed by atoms with Gasteiger partial charge in [0, 0.05) is 24.8 Å². The largest absolute Gasteiger partial charge is 0.481 e. The summed E-state index contributed by atoms with van der Waals surface area (Å²) in [5.74, 6) is -7.12. The Kier molecular flexibility index (Phi) is 14.2. The zero-order valence-electron chi connectivity index (χ0n) is 26.1. The average Bonchev–Trinajstić information content (AvgIpc) is 3.03. The van der Waals surface area contributed by atoms with Gasteiger partial charge in [0.1, 0.15) is 12.4 Å². The molecule has 0 aliphatic carbocycles. The molecule has 1 fully saturated rings. The third-order valence-corrected chi connectivity index (χ3v) is 8.72. The molecule has 0 saturated carbocycles. The van der Waals surface area contributed by atoms with Crippen LogP contribution in [0.25, 0.3) is 0 Å². The number of methoxy groups -OCH3 is 1. The Morgan fingerprint density at radius 3 is 2.13 bits per heavy atom. The van der Waals surface area contributed by atoms with Crippen LogP contribution in [0.3, 0.4) is 0 Å². The molecule has 2 aromatic carbocycles. The molecule has 5 N–H and O–H groups in total. The van der Waals surface area contributed by atoms with Crippen molar-refractivity contribution >= 4 is 47.4 Å². The van der Waals surface area contributed by atoms with Gasteiger partial charge in [0.25, 0.3) is 0 Å². The van der Waals surface area contributed by atoms with Crippen LogP contribution >= 0.6 is 11.8 Å². The number of carbonyl (C=O) groups is 5. The lowest BCUT2D eigenvalue weighted by molar-refractivity contribution is -0.233. The van der Waals surface area contributed by atoms with Gasteiger partial charge in [-0.3, -0.25) is 19.3 Å². The van der Waals surface area contributed by atoms with Crippen molar-refractivity contribution in [3.05, 3.63) is 59.7 Å². The van der Waals surface area contributed by atoms with Crippen molar-refractivity contribution in [2.45, 2.75) is 51.6 Å². The number of hydrogen-bond acceptors (Lipinski definition) is 11. The number of nitrogen functional groups attached to an aromatic ring is 1. The first-order valence-electron chi connectivity index (χ1n) is 14.9. The van der Waals surface area contributed by atoms with Crippen molar-refractivity contribution in [1.29, 1.82) is 0 Å². The second kappa shape index (κ2) is 18.0. The van der Waals surface area contributed by atoms with Crippen LogP contribution in [0.2, 0.25) is 0 Å². The Morgan fingerprint density at radius 1 is 0.894 bits per heavy atom. The number of nitrogens with two attached hydrogens (primary N) is 1. The van der Waals surface area contributed by atoms with E-state index in [-0.39, 0.29) is 18.0 Å². The van der Waals surface area contributed by atoms with Gasteiger partial charge >= 0.3 is 30.0 Å². The molecule has 0 spiro atoms. The van der Waals surface area contributed by atoms with E-state index in [1.165, 1.54) is 17.7 Å². The van der Waals surface area contributed by atoms with Crippen LogP contribution < -0.4 is 10.5 Å². The van der Waals surface area contributed by atoms with Crippen molar-refractivity contribution < 1.29 is 58.2 Å². The highest BCUT2D eigenvalue weighted by atomic mass is 32.2. The number of benzene rings is 2. The summed E-state index contributed by atoms with van der Waals surface area (Å²) in [6.07, 6.45) is -4.62. The lowest BCUT2D eigenvalue weighted by Gasteiger charge is -2.44. The molecule has 5 atom stereocenters. The number of thioether (sulfide) groups is 1. The van der Waals surface area contributed by atoms with Gasteiger partial charge in [0.15, 0.2) is 6.10 Å². The summed E-state index contributed by atoms with van der Waals surface area (Å²) >= 11 is 1.61. The fraction of sp³-hybridized carbons (Fsp3) is 0.469. The molecule has 14 nitrogen and oxygen atoms in total.